The minimum Gasteiger partial charge on any atom is -0.368 e. The van der Waals surface area contributed by atoms with Gasteiger partial charge in [-0.25, -0.2) is 9.97 Å². The molecule has 35 heavy (non-hydrogen) atoms. The van der Waals surface area contributed by atoms with Crippen molar-refractivity contribution >= 4 is 40.2 Å². The maximum Gasteiger partial charge on any atom is 0.230 e. The van der Waals surface area contributed by atoms with Crippen molar-refractivity contribution in [1.82, 2.24) is 24.4 Å². The van der Waals surface area contributed by atoms with E-state index in [9.17, 15) is 4.79 Å². The topological polar surface area (TPSA) is 91.2 Å². The Morgan fingerprint density at radius 3 is 2.54 bits per heavy atom. The second-order valence-corrected chi connectivity index (χ2v) is 10.5. The average molecular weight is 475 g/mol. The lowest BCUT2D eigenvalue weighted by Crippen LogP contribution is -2.48. The van der Waals surface area contributed by atoms with Gasteiger partial charge in [0, 0.05) is 43.8 Å². The van der Waals surface area contributed by atoms with Gasteiger partial charge in [0.25, 0.3) is 0 Å². The highest BCUT2D eigenvalue weighted by Gasteiger charge is 2.42. The van der Waals surface area contributed by atoms with Gasteiger partial charge in [-0.3, -0.25) is 9.69 Å². The van der Waals surface area contributed by atoms with Gasteiger partial charge in [-0.1, -0.05) is 19.3 Å². The molecule has 0 atom stereocenters. The molecule has 1 amide bonds. The van der Waals surface area contributed by atoms with Crippen LogP contribution in [0.3, 0.4) is 0 Å². The summed E-state index contributed by atoms with van der Waals surface area (Å²) in [5.74, 6) is 2.18. The summed E-state index contributed by atoms with van der Waals surface area (Å²) in [5.41, 5.74) is 1.84. The first-order valence-corrected chi connectivity index (χ1v) is 12.9. The molecule has 0 bridgehead atoms. The lowest BCUT2D eigenvalue weighted by Gasteiger charge is -2.42. The molecule has 9 nitrogen and oxygen atoms in total. The SMILES string of the molecule is CC(C)N1CCN(c2ccc(Nc3ncc4cc5n(c4n3)C3(CCCCC3)CC(=O)N5)nc2)CC1. The quantitative estimate of drug-likeness (QED) is 0.588. The summed E-state index contributed by atoms with van der Waals surface area (Å²) in [6, 6.07) is 6.70. The molecule has 9 heteroatoms. The zero-order valence-corrected chi connectivity index (χ0v) is 20.6. The molecule has 1 saturated heterocycles. The molecule has 1 aliphatic carbocycles. The number of carbonyl (C=O) groups excluding carboxylic acids is 1. The standard InChI is InChI=1S/C26H34N8O/c1-18(2)32-10-12-33(13-11-32)20-6-7-21(27-17-20)29-25-28-16-19-14-22-30-23(35)15-26(8-4-3-5-9-26)34(22)24(19)31-25/h6-7,14,16-18H,3-5,8-13,15H2,1-2H3,(H,30,35)(H,27,28,29,31). The predicted molar refractivity (Wildman–Crippen MR) is 138 cm³/mol. The van der Waals surface area contributed by atoms with Crippen LogP contribution < -0.4 is 15.5 Å². The van der Waals surface area contributed by atoms with E-state index >= 15 is 0 Å². The van der Waals surface area contributed by atoms with E-state index in [0.717, 1.165) is 80.2 Å². The van der Waals surface area contributed by atoms with E-state index in [0.29, 0.717) is 18.4 Å². The van der Waals surface area contributed by atoms with Crippen molar-refractivity contribution in [2.75, 3.05) is 41.7 Å². The molecule has 184 valence electrons. The van der Waals surface area contributed by atoms with Crippen molar-refractivity contribution in [3.05, 3.63) is 30.6 Å². The zero-order chi connectivity index (χ0) is 24.0. The van der Waals surface area contributed by atoms with Crippen LogP contribution >= 0.6 is 0 Å². The van der Waals surface area contributed by atoms with Crippen molar-refractivity contribution < 1.29 is 4.79 Å². The number of pyridine rings is 1. The number of carbonyl (C=O) groups is 1. The minimum atomic E-state index is -0.178. The van der Waals surface area contributed by atoms with Crippen molar-refractivity contribution in [3.8, 4) is 0 Å². The molecular weight excluding hydrogens is 440 g/mol. The summed E-state index contributed by atoms with van der Waals surface area (Å²) in [7, 11) is 0. The minimum absolute atomic E-state index is 0.100. The van der Waals surface area contributed by atoms with E-state index in [2.05, 4.69) is 54.9 Å². The first-order chi connectivity index (χ1) is 17.0. The van der Waals surface area contributed by atoms with Crippen LogP contribution in [0.25, 0.3) is 11.0 Å². The van der Waals surface area contributed by atoms with Crippen molar-refractivity contribution in [3.63, 3.8) is 0 Å². The molecule has 1 spiro atoms. The molecule has 3 aromatic heterocycles. The molecule has 2 N–H and O–H groups in total. The Hall–Kier alpha value is -3.20. The zero-order valence-electron chi connectivity index (χ0n) is 20.6. The number of hydrogen-bond acceptors (Lipinski definition) is 7. The first kappa shape index (κ1) is 22.3. The highest BCUT2D eigenvalue weighted by atomic mass is 16.1. The van der Waals surface area contributed by atoms with E-state index in [1.165, 1.54) is 6.42 Å². The fraction of sp³-hybridized carbons (Fsp3) is 0.538. The normalized spacial score (nSPS) is 20.3. The third kappa shape index (κ3) is 4.11. The van der Waals surface area contributed by atoms with Crippen LogP contribution in [-0.2, 0) is 10.3 Å². The highest BCUT2D eigenvalue weighted by molar-refractivity contribution is 5.96. The van der Waals surface area contributed by atoms with Crippen molar-refractivity contribution in [1.29, 1.82) is 0 Å². The molecule has 0 unspecified atom stereocenters. The highest BCUT2D eigenvalue weighted by Crippen LogP contribution is 2.45. The van der Waals surface area contributed by atoms with Crippen molar-refractivity contribution in [2.24, 2.45) is 0 Å². The molecule has 5 heterocycles. The molecule has 0 radical (unpaired) electrons. The monoisotopic (exact) mass is 474 g/mol. The molecule has 3 aliphatic rings. The van der Waals surface area contributed by atoms with Crippen LogP contribution in [-0.4, -0.2) is 62.5 Å². The van der Waals surface area contributed by atoms with E-state index < -0.39 is 0 Å². The number of fused-ring (bicyclic) bond motifs is 4. The second kappa shape index (κ2) is 8.78. The van der Waals surface area contributed by atoms with Crippen LogP contribution in [0.15, 0.2) is 30.6 Å². The van der Waals surface area contributed by atoms with Crippen LogP contribution in [0, 0.1) is 0 Å². The third-order valence-corrected chi connectivity index (χ3v) is 7.95. The van der Waals surface area contributed by atoms with Gasteiger partial charge < -0.3 is 20.1 Å². The Labute approximate surface area is 205 Å². The maximum absolute atomic E-state index is 12.5. The number of nitrogens with one attached hydrogen (secondary N) is 2. The summed E-state index contributed by atoms with van der Waals surface area (Å²) >= 11 is 0. The molecule has 6 rings (SSSR count). The Bertz CT molecular complexity index is 1220. The maximum atomic E-state index is 12.5. The number of aromatic nitrogens is 4. The van der Waals surface area contributed by atoms with Gasteiger partial charge >= 0.3 is 0 Å². The van der Waals surface area contributed by atoms with Crippen LogP contribution in [0.4, 0.5) is 23.3 Å². The molecule has 2 aliphatic heterocycles. The van der Waals surface area contributed by atoms with Gasteiger partial charge in [0.1, 0.15) is 17.3 Å². The van der Waals surface area contributed by atoms with Gasteiger partial charge in [-0.2, -0.15) is 4.98 Å². The lowest BCUT2D eigenvalue weighted by molar-refractivity contribution is -0.119. The lowest BCUT2D eigenvalue weighted by atomic mass is 9.78. The molecule has 3 aromatic rings. The van der Waals surface area contributed by atoms with E-state index in [-0.39, 0.29) is 11.4 Å². The number of piperazine rings is 1. The number of anilines is 4. The number of amides is 1. The Morgan fingerprint density at radius 1 is 1.03 bits per heavy atom. The smallest absolute Gasteiger partial charge is 0.230 e. The van der Waals surface area contributed by atoms with Gasteiger partial charge in [-0.05, 0) is 44.9 Å². The van der Waals surface area contributed by atoms with E-state index in [1.807, 2.05) is 24.5 Å². The van der Waals surface area contributed by atoms with E-state index in [1.54, 1.807) is 0 Å². The number of nitrogens with zero attached hydrogens (tertiary/aromatic N) is 6. The molecule has 2 fully saturated rings. The van der Waals surface area contributed by atoms with Gasteiger partial charge in [0.2, 0.25) is 11.9 Å². The Morgan fingerprint density at radius 2 is 1.83 bits per heavy atom. The Kier molecular flexibility index (Phi) is 5.59. The van der Waals surface area contributed by atoms with Gasteiger partial charge in [-0.15, -0.1) is 0 Å². The Balaban J connectivity index is 1.23. The first-order valence-electron chi connectivity index (χ1n) is 12.9. The summed E-state index contributed by atoms with van der Waals surface area (Å²) < 4.78 is 2.27. The fourth-order valence-electron chi connectivity index (χ4n) is 6.05. The van der Waals surface area contributed by atoms with Crippen LogP contribution in [0.1, 0.15) is 52.4 Å². The molecular formula is C26H34N8O. The van der Waals surface area contributed by atoms with Crippen molar-refractivity contribution in [2.45, 2.75) is 64.0 Å². The fourth-order valence-corrected chi connectivity index (χ4v) is 6.05. The number of hydrogen-bond donors (Lipinski definition) is 2. The summed E-state index contributed by atoms with van der Waals surface area (Å²) in [6.07, 6.45) is 9.83. The van der Waals surface area contributed by atoms with Crippen LogP contribution in [0.2, 0.25) is 0 Å². The molecule has 0 aromatic carbocycles. The van der Waals surface area contributed by atoms with Crippen LogP contribution in [0.5, 0.6) is 0 Å². The van der Waals surface area contributed by atoms with E-state index in [4.69, 9.17) is 4.98 Å². The summed E-state index contributed by atoms with van der Waals surface area (Å²) in [6.45, 7) is 8.70. The number of rotatable bonds is 4. The van der Waals surface area contributed by atoms with Gasteiger partial charge in [0.15, 0.2) is 0 Å². The summed E-state index contributed by atoms with van der Waals surface area (Å²) in [4.78, 5) is 31.4. The average Bonchev–Trinajstić information content (AvgIpc) is 3.23. The predicted octanol–water partition coefficient (Wildman–Crippen LogP) is 4.10. The summed E-state index contributed by atoms with van der Waals surface area (Å²) in [5, 5.41) is 7.28. The third-order valence-electron chi connectivity index (χ3n) is 7.95. The largest absolute Gasteiger partial charge is 0.368 e. The second-order valence-electron chi connectivity index (χ2n) is 10.5. The van der Waals surface area contributed by atoms with Gasteiger partial charge in [0.05, 0.1) is 23.8 Å². The molecule has 1 saturated carbocycles.